The molecule has 15 heavy (non-hydrogen) atoms. The van der Waals surface area contributed by atoms with E-state index in [0.717, 1.165) is 5.56 Å². The zero-order valence-corrected chi connectivity index (χ0v) is 8.53. The smallest absolute Gasteiger partial charge is 0.404 e. The molecule has 1 aromatic rings. The van der Waals surface area contributed by atoms with E-state index in [-0.39, 0.29) is 12.7 Å². The minimum absolute atomic E-state index is 0.288. The molecule has 1 aliphatic heterocycles. The molecule has 6 heteroatoms. The molecule has 1 atom stereocenters. The Morgan fingerprint density at radius 2 is 2.53 bits per heavy atom. The number of carbonyl (C=O) groups excluding carboxylic acids is 1. The van der Waals surface area contributed by atoms with Gasteiger partial charge >= 0.3 is 6.09 Å². The quantitative estimate of drug-likeness (QED) is 0.732. The average Bonchev–Trinajstić information content (AvgIpc) is 2.17. The molecule has 0 aromatic carbocycles. The minimum Gasteiger partial charge on any atom is -0.489 e. The topological polar surface area (TPSA) is 74.4 Å². The summed E-state index contributed by atoms with van der Waals surface area (Å²) in [4.78, 5) is 14.5. The number of nitrogens with zero attached hydrogens (tertiary/aromatic N) is 1. The Labute approximate surface area is 91.1 Å². The van der Waals surface area contributed by atoms with Crippen molar-refractivity contribution in [2.24, 2.45) is 5.73 Å². The van der Waals surface area contributed by atoms with E-state index < -0.39 is 6.09 Å². The van der Waals surface area contributed by atoms with Crippen LogP contribution in [0.2, 0.25) is 5.15 Å². The fourth-order valence-corrected chi connectivity index (χ4v) is 1.60. The summed E-state index contributed by atoms with van der Waals surface area (Å²) >= 11 is 5.70. The first-order chi connectivity index (χ1) is 7.15. The van der Waals surface area contributed by atoms with Gasteiger partial charge in [-0.2, -0.15) is 0 Å². The Kier molecular flexibility index (Phi) is 2.64. The first-order valence-electron chi connectivity index (χ1n) is 4.38. The second kappa shape index (κ2) is 3.94. The van der Waals surface area contributed by atoms with Gasteiger partial charge in [0.15, 0.2) is 0 Å². The van der Waals surface area contributed by atoms with Gasteiger partial charge in [0.25, 0.3) is 0 Å². The molecule has 5 nitrogen and oxygen atoms in total. The van der Waals surface area contributed by atoms with Gasteiger partial charge in [0, 0.05) is 24.2 Å². The summed E-state index contributed by atoms with van der Waals surface area (Å²) in [5.74, 6) is 0.680. The van der Waals surface area contributed by atoms with Crippen LogP contribution in [0.4, 0.5) is 4.79 Å². The lowest BCUT2D eigenvalue weighted by atomic mass is 10.1. The van der Waals surface area contributed by atoms with E-state index in [0.29, 0.717) is 17.3 Å². The number of nitrogens with two attached hydrogens (primary N) is 1. The standard InChI is InChI=1S/C9H9ClN2O3/c10-8-2-7-5(3-12-8)1-6(4-14-7)15-9(11)13/h2-3,6H,1,4H2,(H2,11,13). The number of rotatable bonds is 1. The summed E-state index contributed by atoms with van der Waals surface area (Å²) in [6.07, 6.45) is 1.00. The number of hydrogen-bond acceptors (Lipinski definition) is 4. The van der Waals surface area contributed by atoms with Crippen LogP contribution < -0.4 is 10.5 Å². The van der Waals surface area contributed by atoms with Crippen molar-refractivity contribution in [3.63, 3.8) is 0 Å². The normalized spacial score (nSPS) is 18.9. The highest BCUT2D eigenvalue weighted by molar-refractivity contribution is 6.29. The fourth-order valence-electron chi connectivity index (χ4n) is 1.46. The molecule has 1 aromatic heterocycles. The highest BCUT2D eigenvalue weighted by Gasteiger charge is 2.22. The number of carbonyl (C=O) groups is 1. The van der Waals surface area contributed by atoms with Crippen molar-refractivity contribution in [2.45, 2.75) is 12.5 Å². The monoisotopic (exact) mass is 228 g/mol. The van der Waals surface area contributed by atoms with Crippen molar-refractivity contribution < 1.29 is 14.3 Å². The van der Waals surface area contributed by atoms with Crippen LogP contribution in [0, 0.1) is 0 Å². The summed E-state index contributed by atoms with van der Waals surface area (Å²) in [6.45, 7) is 0.288. The molecule has 0 spiro atoms. The van der Waals surface area contributed by atoms with Crippen LogP contribution >= 0.6 is 11.6 Å². The number of ether oxygens (including phenoxy) is 2. The molecule has 1 unspecified atom stereocenters. The van der Waals surface area contributed by atoms with Crippen LogP contribution in [0.3, 0.4) is 0 Å². The van der Waals surface area contributed by atoms with E-state index >= 15 is 0 Å². The lowest BCUT2D eigenvalue weighted by Crippen LogP contribution is -2.33. The number of primary amides is 1. The molecule has 0 bridgehead atoms. The van der Waals surface area contributed by atoms with Crippen molar-refractivity contribution in [3.05, 3.63) is 23.0 Å². The van der Waals surface area contributed by atoms with Crippen LogP contribution in [0.25, 0.3) is 0 Å². The van der Waals surface area contributed by atoms with Crippen molar-refractivity contribution in [3.8, 4) is 5.75 Å². The predicted octanol–water partition coefficient (Wildman–Crippen LogP) is 1.13. The van der Waals surface area contributed by atoms with Gasteiger partial charge in [-0.05, 0) is 0 Å². The van der Waals surface area contributed by atoms with E-state index in [1.165, 1.54) is 0 Å². The Morgan fingerprint density at radius 3 is 3.27 bits per heavy atom. The summed E-state index contributed by atoms with van der Waals surface area (Å²) < 4.78 is 10.2. The molecule has 0 saturated carbocycles. The van der Waals surface area contributed by atoms with Crippen LogP contribution in [0.5, 0.6) is 5.75 Å². The first kappa shape index (κ1) is 10.0. The second-order valence-electron chi connectivity index (χ2n) is 3.19. The third-order valence-electron chi connectivity index (χ3n) is 2.07. The van der Waals surface area contributed by atoms with Gasteiger partial charge in [0.1, 0.15) is 23.6 Å². The lowest BCUT2D eigenvalue weighted by molar-refractivity contribution is 0.0615. The molecule has 2 rings (SSSR count). The molecule has 2 N–H and O–H groups in total. The zero-order valence-electron chi connectivity index (χ0n) is 7.77. The van der Waals surface area contributed by atoms with Gasteiger partial charge in [0.2, 0.25) is 0 Å². The Hall–Kier alpha value is -1.49. The fraction of sp³-hybridized carbons (Fsp3) is 0.333. The van der Waals surface area contributed by atoms with Gasteiger partial charge in [-0.1, -0.05) is 11.6 Å². The van der Waals surface area contributed by atoms with Crippen LogP contribution in [-0.4, -0.2) is 23.8 Å². The zero-order chi connectivity index (χ0) is 10.8. The Bertz CT molecular complexity index is 397. The van der Waals surface area contributed by atoms with Gasteiger partial charge in [-0.3, -0.25) is 0 Å². The molecule has 80 valence electrons. The Balaban J connectivity index is 2.13. The number of amides is 1. The molecule has 0 aliphatic carbocycles. The maximum Gasteiger partial charge on any atom is 0.404 e. The van der Waals surface area contributed by atoms with Gasteiger partial charge in [-0.15, -0.1) is 0 Å². The number of hydrogen-bond donors (Lipinski definition) is 1. The molecule has 0 saturated heterocycles. The summed E-state index contributed by atoms with van der Waals surface area (Å²) in [7, 11) is 0. The summed E-state index contributed by atoms with van der Waals surface area (Å²) in [5.41, 5.74) is 5.77. The maximum absolute atomic E-state index is 10.5. The number of halogens is 1. The van der Waals surface area contributed by atoms with E-state index in [9.17, 15) is 4.79 Å². The average molecular weight is 229 g/mol. The van der Waals surface area contributed by atoms with Crippen LogP contribution in [0.1, 0.15) is 5.56 Å². The third-order valence-corrected chi connectivity index (χ3v) is 2.27. The summed E-state index contributed by atoms with van der Waals surface area (Å²) in [6, 6.07) is 1.64. The summed E-state index contributed by atoms with van der Waals surface area (Å²) in [5, 5.41) is 0.378. The van der Waals surface area contributed by atoms with Crippen LogP contribution in [-0.2, 0) is 11.2 Å². The van der Waals surface area contributed by atoms with Crippen molar-refractivity contribution >= 4 is 17.7 Å². The van der Waals surface area contributed by atoms with Gasteiger partial charge in [-0.25, -0.2) is 9.78 Å². The molecular weight excluding hydrogens is 220 g/mol. The Morgan fingerprint density at radius 1 is 1.73 bits per heavy atom. The molecule has 0 radical (unpaired) electrons. The molecule has 0 fully saturated rings. The largest absolute Gasteiger partial charge is 0.489 e. The van der Waals surface area contributed by atoms with Crippen molar-refractivity contribution in [2.75, 3.05) is 6.61 Å². The van der Waals surface area contributed by atoms with E-state index in [1.807, 2.05) is 0 Å². The molecular formula is C9H9ClN2O3. The minimum atomic E-state index is -0.797. The number of aromatic nitrogens is 1. The first-order valence-corrected chi connectivity index (χ1v) is 4.76. The number of fused-ring (bicyclic) bond motifs is 1. The second-order valence-corrected chi connectivity index (χ2v) is 3.58. The highest BCUT2D eigenvalue weighted by Crippen LogP contribution is 2.27. The lowest BCUT2D eigenvalue weighted by Gasteiger charge is -2.24. The van der Waals surface area contributed by atoms with Gasteiger partial charge < -0.3 is 15.2 Å². The predicted molar refractivity (Wildman–Crippen MR) is 52.9 cm³/mol. The molecule has 1 aliphatic rings. The highest BCUT2D eigenvalue weighted by atomic mass is 35.5. The van der Waals surface area contributed by atoms with Crippen LogP contribution in [0.15, 0.2) is 12.3 Å². The third kappa shape index (κ3) is 2.30. The van der Waals surface area contributed by atoms with Crippen molar-refractivity contribution in [1.29, 1.82) is 0 Å². The molecule has 2 heterocycles. The van der Waals surface area contributed by atoms with E-state index in [1.54, 1.807) is 12.3 Å². The van der Waals surface area contributed by atoms with E-state index in [4.69, 9.17) is 26.8 Å². The number of pyridine rings is 1. The van der Waals surface area contributed by atoms with E-state index in [2.05, 4.69) is 4.98 Å². The maximum atomic E-state index is 10.5. The van der Waals surface area contributed by atoms with Gasteiger partial charge in [0.05, 0.1) is 0 Å². The molecule has 1 amide bonds. The van der Waals surface area contributed by atoms with Crippen molar-refractivity contribution in [1.82, 2.24) is 4.98 Å². The SMILES string of the molecule is NC(=O)OC1COc2cc(Cl)ncc2C1.